The number of nitrogens with one attached hydrogen (secondary N) is 1. The van der Waals surface area contributed by atoms with Gasteiger partial charge in [0.2, 0.25) is 0 Å². The summed E-state index contributed by atoms with van der Waals surface area (Å²) in [5.74, 6) is 0.921. The lowest BCUT2D eigenvalue weighted by Gasteiger charge is -2.00. The summed E-state index contributed by atoms with van der Waals surface area (Å²) in [7, 11) is 0. The van der Waals surface area contributed by atoms with Crippen LogP contribution in [-0.2, 0) is 6.42 Å². The van der Waals surface area contributed by atoms with Crippen molar-refractivity contribution in [1.82, 2.24) is 5.32 Å². The molecule has 2 aromatic rings. The molecule has 0 bridgehead atoms. The Morgan fingerprint density at radius 2 is 2.25 bits per heavy atom. The first-order chi connectivity index (χ1) is 7.75. The van der Waals surface area contributed by atoms with Gasteiger partial charge in [0, 0.05) is 13.0 Å². The second kappa shape index (κ2) is 5.03. The molecule has 0 fully saturated rings. The Kier molecular flexibility index (Phi) is 3.46. The van der Waals surface area contributed by atoms with E-state index in [9.17, 15) is 4.79 Å². The Hall–Kier alpha value is -1.49. The number of rotatable bonds is 4. The van der Waals surface area contributed by atoms with Crippen LogP contribution in [0, 0.1) is 0 Å². The van der Waals surface area contributed by atoms with Gasteiger partial charge in [0.25, 0.3) is 5.91 Å². The van der Waals surface area contributed by atoms with E-state index in [-0.39, 0.29) is 5.91 Å². The third-order valence-electron chi connectivity index (χ3n) is 2.03. The van der Waals surface area contributed by atoms with Crippen molar-refractivity contribution in [2.75, 3.05) is 6.54 Å². The van der Waals surface area contributed by atoms with E-state index in [2.05, 4.69) is 21.2 Å². The summed E-state index contributed by atoms with van der Waals surface area (Å²) >= 11 is 3.14. The van der Waals surface area contributed by atoms with Gasteiger partial charge in [0.15, 0.2) is 10.4 Å². The molecular weight excluding hydrogens is 274 g/mol. The lowest BCUT2D eigenvalue weighted by atomic mass is 10.3. The van der Waals surface area contributed by atoms with E-state index in [0.29, 0.717) is 23.4 Å². The standard InChI is InChI=1S/C11H10BrNO3/c12-10-4-3-9(16-10)11(14)13-6-5-8-2-1-7-15-8/h1-4,7H,5-6H2,(H,13,14). The van der Waals surface area contributed by atoms with E-state index >= 15 is 0 Å². The van der Waals surface area contributed by atoms with Crippen molar-refractivity contribution in [2.24, 2.45) is 0 Å². The van der Waals surface area contributed by atoms with Crippen LogP contribution in [0.15, 0.2) is 44.0 Å². The summed E-state index contributed by atoms with van der Waals surface area (Å²) in [6.45, 7) is 0.519. The van der Waals surface area contributed by atoms with Crippen LogP contribution < -0.4 is 5.32 Å². The summed E-state index contributed by atoms with van der Waals surface area (Å²) < 4.78 is 10.8. The zero-order chi connectivity index (χ0) is 11.4. The van der Waals surface area contributed by atoms with Crippen LogP contribution in [0.3, 0.4) is 0 Å². The Morgan fingerprint density at radius 1 is 1.38 bits per heavy atom. The van der Waals surface area contributed by atoms with Gasteiger partial charge in [0.05, 0.1) is 6.26 Å². The minimum Gasteiger partial charge on any atom is -0.469 e. The molecule has 0 atom stereocenters. The van der Waals surface area contributed by atoms with Gasteiger partial charge in [-0.1, -0.05) is 0 Å². The largest absolute Gasteiger partial charge is 0.469 e. The summed E-state index contributed by atoms with van der Waals surface area (Å²) in [4.78, 5) is 11.5. The molecular formula is C11H10BrNO3. The second-order valence-corrected chi connectivity index (χ2v) is 3.97. The maximum absolute atomic E-state index is 11.5. The van der Waals surface area contributed by atoms with E-state index in [1.54, 1.807) is 18.4 Å². The minimum atomic E-state index is -0.225. The first-order valence-corrected chi connectivity index (χ1v) is 5.61. The van der Waals surface area contributed by atoms with E-state index in [1.165, 1.54) is 0 Å². The molecule has 1 amide bonds. The van der Waals surface area contributed by atoms with Crippen LogP contribution in [0.1, 0.15) is 16.3 Å². The second-order valence-electron chi connectivity index (χ2n) is 3.19. The molecule has 0 radical (unpaired) electrons. The number of halogens is 1. The van der Waals surface area contributed by atoms with Gasteiger partial charge in [-0.2, -0.15) is 0 Å². The Bertz CT molecular complexity index is 461. The van der Waals surface area contributed by atoms with Gasteiger partial charge in [-0.3, -0.25) is 4.79 Å². The molecule has 2 heterocycles. The maximum atomic E-state index is 11.5. The molecule has 1 N–H and O–H groups in total. The van der Waals surface area contributed by atoms with Crippen molar-refractivity contribution in [3.05, 3.63) is 46.7 Å². The van der Waals surface area contributed by atoms with Crippen LogP contribution in [0.4, 0.5) is 0 Å². The molecule has 2 rings (SSSR count). The van der Waals surface area contributed by atoms with Gasteiger partial charge in [0.1, 0.15) is 5.76 Å². The van der Waals surface area contributed by atoms with Gasteiger partial charge in [-0.15, -0.1) is 0 Å². The van der Waals surface area contributed by atoms with Crippen molar-refractivity contribution in [3.63, 3.8) is 0 Å². The summed E-state index contributed by atoms with van der Waals surface area (Å²) in [5, 5.41) is 2.74. The van der Waals surface area contributed by atoms with Crippen LogP contribution in [-0.4, -0.2) is 12.5 Å². The zero-order valence-corrected chi connectivity index (χ0v) is 9.99. The predicted molar refractivity (Wildman–Crippen MR) is 61.2 cm³/mol. The summed E-state index contributed by atoms with van der Waals surface area (Å²) in [6.07, 6.45) is 2.28. The van der Waals surface area contributed by atoms with E-state index in [1.807, 2.05) is 12.1 Å². The number of furan rings is 2. The highest BCUT2D eigenvalue weighted by Crippen LogP contribution is 2.13. The predicted octanol–water partition coefficient (Wildman–Crippen LogP) is 2.61. The quantitative estimate of drug-likeness (QED) is 0.938. The average molecular weight is 284 g/mol. The van der Waals surface area contributed by atoms with E-state index < -0.39 is 0 Å². The van der Waals surface area contributed by atoms with Gasteiger partial charge in [-0.25, -0.2) is 0 Å². The molecule has 0 aliphatic rings. The molecule has 5 heteroatoms. The fraction of sp³-hybridized carbons (Fsp3) is 0.182. The molecule has 84 valence electrons. The maximum Gasteiger partial charge on any atom is 0.287 e. The number of hydrogen-bond donors (Lipinski definition) is 1. The zero-order valence-electron chi connectivity index (χ0n) is 8.40. The highest BCUT2D eigenvalue weighted by Gasteiger charge is 2.09. The van der Waals surface area contributed by atoms with Crippen molar-refractivity contribution in [2.45, 2.75) is 6.42 Å². The van der Waals surface area contributed by atoms with E-state index in [4.69, 9.17) is 8.83 Å². The normalized spacial score (nSPS) is 10.3. The molecule has 0 unspecified atom stereocenters. The third-order valence-corrected chi connectivity index (χ3v) is 2.46. The Morgan fingerprint density at radius 3 is 2.88 bits per heavy atom. The number of amides is 1. The Balaban J connectivity index is 1.80. The first kappa shape index (κ1) is 11.0. The molecule has 4 nitrogen and oxygen atoms in total. The minimum absolute atomic E-state index is 0.225. The van der Waals surface area contributed by atoms with Crippen LogP contribution in [0.25, 0.3) is 0 Å². The average Bonchev–Trinajstić information content (AvgIpc) is 2.89. The molecule has 2 aromatic heterocycles. The molecule has 0 aliphatic heterocycles. The number of carbonyl (C=O) groups excluding carboxylic acids is 1. The molecule has 0 aliphatic carbocycles. The summed E-state index contributed by atoms with van der Waals surface area (Å²) in [6, 6.07) is 6.99. The van der Waals surface area contributed by atoms with Crippen molar-refractivity contribution in [1.29, 1.82) is 0 Å². The molecule has 0 aromatic carbocycles. The fourth-order valence-corrected chi connectivity index (χ4v) is 1.58. The molecule has 0 spiro atoms. The van der Waals surface area contributed by atoms with Gasteiger partial charge < -0.3 is 14.2 Å². The van der Waals surface area contributed by atoms with Gasteiger partial charge >= 0.3 is 0 Å². The smallest absolute Gasteiger partial charge is 0.287 e. The monoisotopic (exact) mass is 283 g/mol. The van der Waals surface area contributed by atoms with Crippen LogP contribution in [0.5, 0.6) is 0 Å². The number of hydrogen-bond acceptors (Lipinski definition) is 3. The van der Waals surface area contributed by atoms with Crippen molar-refractivity contribution < 1.29 is 13.6 Å². The van der Waals surface area contributed by atoms with Crippen molar-refractivity contribution >= 4 is 21.8 Å². The topological polar surface area (TPSA) is 55.4 Å². The molecule has 0 saturated carbocycles. The van der Waals surface area contributed by atoms with Crippen LogP contribution in [0.2, 0.25) is 0 Å². The summed E-state index contributed by atoms with van der Waals surface area (Å²) in [5.41, 5.74) is 0. The third kappa shape index (κ3) is 2.76. The van der Waals surface area contributed by atoms with Crippen LogP contribution >= 0.6 is 15.9 Å². The first-order valence-electron chi connectivity index (χ1n) is 4.81. The highest BCUT2D eigenvalue weighted by atomic mass is 79.9. The lowest BCUT2D eigenvalue weighted by Crippen LogP contribution is -2.25. The van der Waals surface area contributed by atoms with Gasteiger partial charge in [-0.05, 0) is 40.2 Å². The van der Waals surface area contributed by atoms with E-state index in [0.717, 1.165) is 5.76 Å². The molecule has 0 saturated heterocycles. The highest BCUT2D eigenvalue weighted by molar-refractivity contribution is 9.10. The SMILES string of the molecule is O=C(NCCc1ccco1)c1ccc(Br)o1. The van der Waals surface area contributed by atoms with Crippen molar-refractivity contribution in [3.8, 4) is 0 Å². The number of carbonyl (C=O) groups is 1. The fourth-order valence-electron chi connectivity index (χ4n) is 1.28. The lowest BCUT2D eigenvalue weighted by molar-refractivity contribution is 0.0925. The Labute approximate surface area is 101 Å². The molecule has 16 heavy (non-hydrogen) atoms.